The Morgan fingerprint density at radius 1 is 0.933 bits per heavy atom. The Balaban J connectivity index is 3.80. The Bertz CT molecular complexity index is 201. The van der Waals surface area contributed by atoms with Crippen LogP contribution in [0.1, 0.15) is 40.0 Å². The fourth-order valence-corrected chi connectivity index (χ4v) is 0.804. The fraction of sp³-hybridized carbons (Fsp3) is 0.727. The van der Waals surface area contributed by atoms with E-state index in [1.807, 2.05) is 13.8 Å². The first kappa shape index (κ1) is 13.9. The molecule has 0 saturated carbocycles. The minimum absolute atomic E-state index is 0.0135. The third-order valence-corrected chi connectivity index (χ3v) is 1.78. The van der Waals surface area contributed by atoms with E-state index in [0.717, 1.165) is 19.3 Å². The SMILES string of the molecule is CCCCOC(=O)[C](C)C(=O)OCCC. The Labute approximate surface area is 90.9 Å². The summed E-state index contributed by atoms with van der Waals surface area (Å²) in [6, 6.07) is 0. The quantitative estimate of drug-likeness (QED) is 0.369. The molecule has 0 N–H and O–H groups in total. The van der Waals surface area contributed by atoms with Gasteiger partial charge in [-0.15, -0.1) is 0 Å². The van der Waals surface area contributed by atoms with Gasteiger partial charge >= 0.3 is 11.9 Å². The van der Waals surface area contributed by atoms with Crippen molar-refractivity contribution in [2.24, 2.45) is 0 Å². The van der Waals surface area contributed by atoms with Crippen LogP contribution in [0, 0.1) is 5.92 Å². The zero-order valence-corrected chi connectivity index (χ0v) is 9.67. The lowest BCUT2D eigenvalue weighted by atomic mass is 10.2. The molecule has 0 saturated heterocycles. The number of rotatable bonds is 7. The van der Waals surface area contributed by atoms with Crippen molar-refractivity contribution < 1.29 is 19.1 Å². The van der Waals surface area contributed by atoms with E-state index in [-0.39, 0.29) is 5.92 Å². The highest BCUT2D eigenvalue weighted by Crippen LogP contribution is 2.05. The normalized spacial score (nSPS) is 10.1. The number of esters is 2. The second kappa shape index (κ2) is 8.26. The highest BCUT2D eigenvalue weighted by molar-refractivity contribution is 6.09. The number of ether oxygens (including phenoxy) is 2. The number of carbonyl (C=O) groups is 2. The van der Waals surface area contributed by atoms with Crippen molar-refractivity contribution >= 4 is 11.9 Å². The van der Waals surface area contributed by atoms with Gasteiger partial charge < -0.3 is 9.47 Å². The first-order valence-electron chi connectivity index (χ1n) is 5.31. The van der Waals surface area contributed by atoms with Crippen LogP contribution < -0.4 is 0 Å². The average Bonchev–Trinajstić information content (AvgIpc) is 2.24. The van der Waals surface area contributed by atoms with Gasteiger partial charge in [0.2, 0.25) is 0 Å². The molecular weight excluding hydrogens is 196 g/mol. The molecule has 4 nitrogen and oxygen atoms in total. The van der Waals surface area contributed by atoms with Gasteiger partial charge in [-0.3, -0.25) is 9.59 Å². The van der Waals surface area contributed by atoms with E-state index in [1.54, 1.807) is 0 Å². The Kier molecular flexibility index (Phi) is 7.68. The standard InChI is InChI=1S/C11H19O4/c1-4-6-8-15-11(13)9(3)10(12)14-7-5-2/h4-8H2,1-3H3. The molecule has 15 heavy (non-hydrogen) atoms. The predicted octanol–water partition coefficient (Wildman–Crippen LogP) is 1.88. The summed E-state index contributed by atoms with van der Waals surface area (Å²) in [5.74, 6) is -1.15. The Morgan fingerprint density at radius 2 is 1.47 bits per heavy atom. The van der Waals surface area contributed by atoms with Crippen molar-refractivity contribution in [2.75, 3.05) is 13.2 Å². The molecule has 0 aromatic heterocycles. The van der Waals surface area contributed by atoms with Gasteiger partial charge in [0.1, 0.15) is 0 Å². The number of hydrogen-bond donors (Lipinski definition) is 0. The maximum absolute atomic E-state index is 11.3. The number of hydrogen-bond acceptors (Lipinski definition) is 4. The van der Waals surface area contributed by atoms with Gasteiger partial charge in [0.25, 0.3) is 0 Å². The van der Waals surface area contributed by atoms with Crippen LogP contribution in [0.25, 0.3) is 0 Å². The van der Waals surface area contributed by atoms with Crippen molar-refractivity contribution in [3.8, 4) is 0 Å². The summed E-state index contributed by atoms with van der Waals surface area (Å²) in [7, 11) is 0. The number of unbranched alkanes of at least 4 members (excludes halogenated alkanes) is 1. The van der Waals surface area contributed by atoms with Gasteiger partial charge in [-0.1, -0.05) is 20.3 Å². The van der Waals surface area contributed by atoms with E-state index >= 15 is 0 Å². The molecule has 0 aliphatic rings. The van der Waals surface area contributed by atoms with Crippen LogP contribution >= 0.6 is 0 Å². The lowest BCUT2D eigenvalue weighted by Crippen LogP contribution is -2.24. The minimum atomic E-state index is -0.585. The monoisotopic (exact) mass is 215 g/mol. The lowest BCUT2D eigenvalue weighted by molar-refractivity contribution is -0.150. The molecule has 0 aromatic carbocycles. The van der Waals surface area contributed by atoms with E-state index in [4.69, 9.17) is 9.47 Å². The lowest BCUT2D eigenvalue weighted by Gasteiger charge is -2.09. The summed E-state index contributed by atoms with van der Waals surface area (Å²) in [6.07, 6.45) is 2.50. The molecule has 87 valence electrons. The summed E-state index contributed by atoms with van der Waals surface area (Å²) in [4.78, 5) is 22.5. The van der Waals surface area contributed by atoms with Crippen LogP contribution in [0.5, 0.6) is 0 Å². The van der Waals surface area contributed by atoms with Crippen LogP contribution in [0.15, 0.2) is 0 Å². The van der Waals surface area contributed by atoms with E-state index in [0.29, 0.717) is 13.2 Å². The molecule has 0 rings (SSSR count). The maximum atomic E-state index is 11.3. The predicted molar refractivity (Wildman–Crippen MR) is 56.0 cm³/mol. The van der Waals surface area contributed by atoms with Gasteiger partial charge in [0, 0.05) is 0 Å². The summed E-state index contributed by atoms with van der Waals surface area (Å²) >= 11 is 0. The molecule has 0 unspecified atom stereocenters. The third-order valence-electron chi connectivity index (χ3n) is 1.78. The van der Waals surface area contributed by atoms with Crippen molar-refractivity contribution in [2.45, 2.75) is 40.0 Å². The summed E-state index contributed by atoms with van der Waals surface area (Å²) < 4.78 is 9.67. The largest absolute Gasteiger partial charge is 0.465 e. The Hall–Kier alpha value is -1.06. The zero-order chi connectivity index (χ0) is 11.7. The van der Waals surface area contributed by atoms with Gasteiger partial charge in [-0.25, -0.2) is 0 Å². The van der Waals surface area contributed by atoms with Crippen LogP contribution in [0.4, 0.5) is 0 Å². The highest BCUT2D eigenvalue weighted by atomic mass is 16.6. The van der Waals surface area contributed by atoms with Gasteiger partial charge in [0.15, 0.2) is 5.92 Å². The smallest absolute Gasteiger partial charge is 0.325 e. The molecule has 0 aromatic rings. The molecule has 0 aliphatic carbocycles. The molecule has 0 fully saturated rings. The first-order valence-corrected chi connectivity index (χ1v) is 5.31. The van der Waals surface area contributed by atoms with Crippen molar-refractivity contribution in [1.82, 2.24) is 0 Å². The van der Waals surface area contributed by atoms with Crippen LogP contribution in [0.2, 0.25) is 0 Å². The summed E-state index contributed by atoms with van der Waals surface area (Å²) in [5.41, 5.74) is 0. The molecule has 4 heteroatoms. The summed E-state index contributed by atoms with van der Waals surface area (Å²) in [6.45, 7) is 6.00. The maximum Gasteiger partial charge on any atom is 0.325 e. The van der Waals surface area contributed by atoms with Gasteiger partial charge in [-0.2, -0.15) is 0 Å². The van der Waals surface area contributed by atoms with E-state index in [2.05, 4.69) is 0 Å². The molecule has 0 atom stereocenters. The average molecular weight is 215 g/mol. The molecule has 0 spiro atoms. The molecule has 1 radical (unpaired) electrons. The number of carbonyl (C=O) groups excluding carboxylic acids is 2. The van der Waals surface area contributed by atoms with Gasteiger partial charge in [-0.05, 0) is 19.8 Å². The molecule has 0 amide bonds. The minimum Gasteiger partial charge on any atom is -0.465 e. The van der Waals surface area contributed by atoms with E-state index in [1.165, 1.54) is 6.92 Å². The summed E-state index contributed by atoms with van der Waals surface area (Å²) in [5, 5.41) is 0. The molecule has 0 bridgehead atoms. The highest BCUT2D eigenvalue weighted by Gasteiger charge is 2.25. The fourth-order valence-electron chi connectivity index (χ4n) is 0.804. The van der Waals surface area contributed by atoms with Crippen molar-refractivity contribution in [1.29, 1.82) is 0 Å². The first-order chi connectivity index (χ1) is 7.13. The molecular formula is C11H19O4. The van der Waals surface area contributed by atoms with Crippen molar-refractivity contribution in [3.63, 3.8) is 0 Å². The van der Waals surface area contributed by atoms with Crippen LogP contribution in [0.3, 0.4) is 0 Å². The van der Waals surface area contributed by atoms with Crippen LogP contribution in [-0.2, 0) is 19.1 Å². The van der Waals surface area contributed by atoms with Crippen molar-refractivity contribution in [3.05, 3.63) is 5.92 Å². The molecule has 0 heterocycles. The second-order valence-corrected chi connectivity index (χ2v) is 3.25. The zero-order valence-electron chi connectivity index (χ0n) is 9.67. The second-order valence-electron chi connectivity index (χ2n) is 3.25. The topological polar surface area (TPSA) is 52.6 Å². The molecule has 0 aliphatic heterocycles. The van der Waals surface area contributed by atoms with E-state index < -0.39 is 11.9 Å². The Morgan fingerprint density at radius 3 is 1.93 bits per heavy atom. The van der Waals surface area contributed by atoms with Gasteiger partial charge in [0.05, 0.1) is 13.2 Å². The van der Waals surface area contributed by atoms with E-state index in [9.17, 15) is 9.59 Å². The third kappa shape index (κ3) is 6.10. The van der Waals surface area contributed by atoms with Crippen LogP contribution in [-0.4, -0.2) is 25.2 Å².